The summed E-state index contributed by atoms with van der Waals surface area (Å²) in [5, 5.41) is 18.4. The van der Waals surface area contributed by atoms with Crippen LogP contribution in [-0.2, 0) is 21.3 Å². The van der Waals surface area contributed by atoms with E-state index in [4.69, 9.17) is 9.47 Å². The van der Waals surface area contributed by atoms with Crippen molar-refractivity contribution in [2.45, 2.75) is 24.5 Å². The number of aryl methyl sites for hydroxylation is 1. The summed E-state index contributed by atoms with van der Waals surface area (Å²) in [6.45, 7) is 0.424. The number of benzene rings is 2. The van der Waals surface area contributed by atoms with Crippen LogP contribution in [0.4, 0.5) is 10.5 Å². The highest BCUT2D eigenvalue weighted by Gasteiger charge is 2.37. The van der Waals surface area contributed by atoms with Gasteiger partial charge in [-0.05, 0) is 28.7 Å². The summed E-state index contributed by atoms with van der Waals surface area (Å²) in [5.74, 6) is -1.91. The van der Waals surface area contributed by atoms with E-state index in [1.165, 1.54) is 10.9 Å². The van der Waals surface area contributed by atoms with Gasteiger partial charge in [0.1, 0.15) is 6.61 Å². The minimum absolute atomic E-state index is 0.0559. The standard InChI is InChI=1S/C25H24N4O6/c1-29-12-20(21(28-29)24(31)32)26-23(30)22-19(10-11-34-22)27-25(33)35-13-18-16-8-4-2-6-14(16)15-7-3-5-9-17(15)18/h2-9,12,18-19,22H,10-11,13H2,1H3,(H,26,30)(H,27,33)(H,31,32)/t19-,22+/m1/s1. The predicted molar refractivity (Wildman–Crippen MR) is 125 cm³/mol. The number of fused-ring (bicyclic) bond motifs is 3. The number of carboxylic acids is 1. The maximum atomic E-state index is 12.8. The van der Waals surface area contributed by atoms with Gasteiger partial charge in [-0.1, -0.05) is 48.5 Å². The van der Waals surface area contributed by atoms with Gasteiger partial charge in [0.15, 0.2) is 11.8 Å². The number of nitrogens with one attached hydrogen (secondary N) is 2. The molecule has 1 aliphatic carbocycles. The molecule has 5 rings (SSSR count). The average molecular weight is 476 g/mol. The van der Waals surface area contributed by atoms with Crippen molar-refractivity contribution in [1.82, 2.24) is 15.1 Å². The van der Waals surface area contributed by atoms with E-state index in [1.54, 1.807) is 7.05 Å². The van der Waals surface area contributed by atoms with Crippen molar-refractivity contribution in [3.05, 3.63) is 71.5 Å². The molecule has 180 valence electrons. The minimum Gasteiger partial charge on any atom is -0.476 e. The first-order valence-corrected chi connectivity index (χ1v) is 11.2. The summed E-state index contributed by atoms with van der Waals surface area (Å²) in [6, 6.07) is 15.5. The molecule has 10 heteroatoms. The number of carbonyl (C=O) groups is 3. The monoisotopic (exact) mass is 476 g/mol. The van der Waals surface area contributed by atoms with Crippen LogP contribution < -0.4 is 10.6 Å². The van der Waals surface area contributed by atoms with Gasteiger partial charge in [-0.3, -0.25) is 9.48 Å². The van der Waals surface area contributed by atoms with Crippen LogP contribution in [-0.4, -0.2) is 58.2 Å². The minimum atomic E-state index is -1.26. The summed E-state index contributed by atoms with van der Waals surface area (Å²) >= 11 is 0. The van der Waals surface area contributed by atoms with E-state index in [0.29, 0.717) is 6.42 Å². The van der Waals surface area contributed by atoms with E-state index >= 15 is 0 Å². The SMILES string of the molecule is Cn1cc(NC(=O)[C@H]2OCC[C@H]2NC(=O)OCC2c3ccccc3-c3ccccc32)c(C(=O)O)n1. The summed E-state index contributed by atoms with van der Waals surface area (Å²) in [4.78, 5) is 36.8. The van der Waals surface area contributed by atoms with Crippen LogP contribution in [0.2, 0.25) is 0 Å². The number of ether oxygens (including phenoxy) is 2. The molecule has 10 nitrogen and oxygen atoms in total. The first-order chi connectivity index (χ1) is 16.9. The Morgan fingerprint density at radius 1 is 1.11 bits per heavy atom. The molecule has 3 aromatic rings. The van der Waals surface area contributed by atoms with Crippen molar-refractivity contribution in [1.29, 1.82) is 0 Å². The molecule has 0 unspecified atom stereocenters. The predicted octanol–water partition coefficient (Wildman–Crippen LogP) is 2.75. The van der Waals surface area contributed by atoms with Crippen molar-refractivity contribution in [2.24, 2.45) is 7.05 Å². The average Bonchev–Trinajstić information content (AvgIpc) is 3.53. The Kier molecular flexibility index (Phi) is 5.96. The molecular weight excluding hydrogens is 452 g/mol. The fraction of sp³-hybridized carbons (Fsp3) is 0.280. The van der Waals surface area contributed by atoms with Crippen LogP contribution in [0.15, 0.2) is 54.7 Å². The van der Waals surface area contributed by atoms with Gasteiger partial charge >= 0.3 is 12.1 Å². The molecule has 2 aliphatic rings. The second kappa shape index (κ2) is 9.22. The summed E-state index contributed by atoms with van der Waals surface area (Å²) in [6.07, 6.45) is 0.177. The molecule has 0 spiro atoms. The largest absolute Gasteiger partial charge is 0.476 e. The second-order valence-electron chi connectivity index (χ2n) is 8.52. The van der Waals surface area contributed by atoms with E-state index in [0.717, 1.165) is 22.3 Å². The van der Waals surface area contributed by atoms with E-state index < -0.39 is 30.1 Å². The lowest BCUT2D eigenvalue weighted by molar-refractivity contribution is -0.125. The van der Waals surface area contributed by atoms with E-state index in [2.05, 4.69) is 27.9 Å². The number of hydrogen-bond donors (Lipinski definition) is 3. The lowest BCUT2D eigenvalue weighted by Crippen LogP contribution is -2.46. The summed E-state index contributed by atoms with van der Waals surface area (Å²) < 4.78 is 12.4. The van der Waals surface area contributed by atoms with Gasteiger partial charge in [0, 0.05) is 25.8 Å². The van der Waals surface area contributed by atoms with Gasteiger partial charge < -0.3 is 25.2 Å². The number of aromatic nitrogens is 2. The Balaban J connectivity index is 1.22. The number of amides is 2. The second-order valence-corrected chi connectivity index (χ2v) is 8.52. The quantitative estimate of drug-likeness (QED) is 0.498. The number of hydrogen-bond acceptors (Lipinski definition) is 6. The highest BCUT2D eigenvalue weighted by molar-refractivity contribution is 6.01. The summed E-state index contributed by atoms with van der Waals surface area (Å²) in [5.41, 5.74) is 4.26. The lowest BCUT2D eigenvalue weighted by Gasteiger charge is -2.20. The van der Waals surface area contributed by atoms with Crippen molar-refractivity contribution in [3.8, 4) is 11.1 Å². The molecule has 0 saturated carbocycles. The molecule has 3 N–H and O–H groups in total. The number of aromatic carboxylic acids is 1. The molecular formula is C25H24N4O6. The molecule has 0 bridgehead atoms. The molecule has 2 heterocycles. The number of nitrogens with zero attached hydrogens (tertiary/aromatic N) is 2. The molecule has 2 amide bonds. The molecule has 1 aliphatic heterocycles. The molecule has 2 aromatic carbocycles. The van der Waals surface area contributed by atoms with Crippen LogP contribution in [0.3, 0.4) is 0 Å². The number of carbonyl (C=O) groups excluding carboxylic acids is 2. The third-order valence-electron chi connectivity index (χ3n) is 6.29. The molecule has 0 radical (unpaired) electrons. The van der Waals surface area contributed by atoms with Crippen molar-refractivity contribution in [2.75, 3.05) is 18.5 Å². The first kappa shape index (κ1) is 22.6. The Hall–Kier alpha value is -4.18. The third-order valence-corrected chi connectivity index (χ3v) is 6.29. The van der Waals surface area contributed by atoms with Gasteiger partial charge in [-0.25, -0.2) is 9.59 Å². The molecule has 2 atom stereocenters. The lowest BCUT2D eigenvalue weighted by atomic mass is 9.98. The Morgan fingerprint density at radius 3 is 2.43 bits per heavy atom. The number of alkyl carbamates (subject to hydrolysis) is 1. The maximum absolute atomic E-state index is 12.8. The fourth-order valence-electron chi connectivity index (χ4n) is 4.73. The fourth-order valence-corrected chi connectivity index (χ4v) is 4.73. The molecule has 1 fully saturated rings. The highest BCUT2D eigenvalue weighted by atomic mass is 16.6. The van der Waals surface area contributed by atoms with E-state index in [-0.39, 0.29) is 30.5 Å². The Bertz CT molecular complexity index is 1260. The number of anilines is 1. The van der Waals surface area contributed by atoms with Gasteiger partial charge in [0.05, 0.1) is 11.7 Å². The molecule has 1 saturated heterocycles. The van der Waals surface area contributed by atoms with Crippen molar-refractivity contribution in [3.63, 3.8) is 0 Å². The van der Waals surface area contributed by atoms with E-state index in [9.17, 15) is 19.5 Å². The third kappa shape index (κ3) is 4.35. The summed E-state index contributed by atoms with van der Waals surface area (Å²) in [7, 11) is 1.55. The normalized spacial score (nSPS) is 18.5. The van der Waals surface area contributed by atoms with Crippen LogP contribution in [0.5, 0.6) is 0 Å². The van der Waals surface area contributed by atoms with Gasteiger partial charge in [0.25, 0.3) is 5.91 Å². The molecule has 35 heavy (non-hydrogen) atoms. The zero-order valence-corrected chi connectivity index (χ0v) is 18.9. The number of rotatable bonds is 6. The zero-order chi connectivity index (χ0) is 24.5. The van der Waals surface area contributed by atoms with Gasteiger partial charge in [-0.2, -0.15) is 5.10 Å². The zero-order valence-electron chi connectivity index (χ0n) is 18.9. The highest BCUT2D eigenvalue weighted by Crippen LogP contribution is 2.44. The Labute approximate surface area is 200 Å². The van der Waals surface area contributed by atoms with Crippen LogP contribution >= 0.6 is 0 Å². The van der Waals surface area contributed by atoms with Crippen LogP contribution in [0, 0.1) is 0 Å². The van der Waals surface area contributed by atoms with Crippen molar-refractivity contribution < 1.29 is 29.0 Å². The topological polar surface area (TPSA) is 132 Å². The van der Waals surface area contributed by atoms with Crippen LogP contribution in [0.1, 0.15) is 34.0 Å². The molecule has 1 aromatic heterocycles. The first-order valence-electron chi connectivity index (χ1n) is 11.2. The van der Waals surface area contributed by atoms with Gasteiger partial charge in [-0.15, -0.1) is 0 Å². The maximum Gasteiger partial charge on any atom is 0.407 e. The van der Waals surface area contributed by atoms with Crippen LogP contribution in [0.25, 0.3) is 11.1 Å². The smallest absolute Gasteiger partial charge is 0.407 e. The van der Waals surface area contributed by atoms with E-state index in [1.807, 2.05) is 36.4 Å². The number of carboxylic acid groups (broad SMARTS) is 1. The van der Waals surface area contributed by atoms with Crippen molar-refractivity contribution >= 4 is 23.7 Å². The van der Waals surface area contributed by atoms with Gasteiger partial charge in [0.2, 0.25) is 0 Å². The Morgan fingerprint density at radius 2 is 1.77 bits per heavy atom.